The van der Waals surface area contributed by atoms with Gasteiger partial charge in [0.15, 0.2) is 0 Å². The SMILES string of the molecule is CCCCN(C)CC1CCN(CCCC(=O)O)CC1. The predicted octanol–water partition coefficient (Wildman–Crippen LogP) is 2.30. The van der Waals surface area contributed by atoms with Crippen LogP contribution in [0.2, 0.25) is 0 Å². The van der Waals surface area contributed by atoms with E-state index in [0.717, 1.165) is 32.0 Å². The van der Waals surface area contributed by atoms with Gasteiger partial charge in [0.1, 0.15) is 0 Å². The molecule has 112 valence electrons. The van der Waals surface area contributed by atoms with Crippen molar-refractivity contribution in [2.24, 2.45) is 5.92 Å². The van der Waals surface area contributed by atoms with Crippen LogP contribution in [-0.4, -0.2) is 60.6 Å². The van der Waals surface area contributed by atoms with Crippen LogP contribution in [0.3, 0.4) is 0 Å². The molecule has 0 aliphatic carbocycles. The zero-order chi connectivity index (χ0) is 14.1. The summed E-state index contributed by atoms with van der Waals surface area (Å²) in [5, 5.41) is 8.63. The molecule has 1 fully saturated rings. The van der Waals surface area contributed by atoms with Crippen molar-refractivity contribution in [3.05, 3.63) is 0 Å². The highest BCUT2D eigenvalue weighted by Crippen LogP contribution is 2.18. The van der Waals surface area contributed by atoms with E-state index >= 15 is 0 Å². The molecule has 0 aromatic rings. The molecule has 0 atom stereocenters. The number of aliphatic carboxylic acids is 1. The maximum Gasteiger partial charge on any atom is 0.303 e. The minimum Gasteiger partial charge on any atom is -0.481 e. The van der Waals surface area contributed by atoms with Gasteiger partial charge in [-0.3, -0.25) is 4.79 Å². The van der Waals surface area contributed by atoms with Gasteiger partial charge in [-0.05, 0) is 64.8 Å². The van der Waals surface area contributed by atoms with Crippen molar-refractivity contribution in [3.63, 3.8) is 0 Å². The van der Waals surface area contributed by atoms with Gasteiger partial charge < -0.3 is 14.9 Å². The quantitative estimate of drug-likeness (QED) is 0.698. The zero-order valence-electron chi connectivity index (χ0n) is 12.6. The summed E-state index contributed by atoms with van der Waals surface area (Å²) in [6.45, 7) is 7.92. The van der Waals surface area contributed by atoms with Crippen molar-refractivity contribution in [2.75, 3.05) is 39.8 Å². The Morgan fingerprint density at radius 3 is 2.58 bits per heavy atom. The monoisotopic (exact) mass is 270 g/mol. The molecular formula is C15H30N2O2. The first-order chi connectivity index (χ1) is 9.11. The molecule has 0 amide bonds. The Morgan fingerprint density at radius 1 is 1.32 bits per heavy atom. The first-order valence-electron chi connectivity index (χ1n) is 7.74. The summed E-state index contributed by atoms with van der Waals surface area (Å²) in [5.74, 6) is 0.157. The molecule has 0 bridgehead atoms. The molecule has 1 aliphatic rings. The fourth-order valence-corrected chi connectivity index (χ4v) is 2.81. The fourth-order valence-electron chi connectivity index (χ4n) is 2.81. The van der Waals surface area contributed by atoms with E-state index in [1.807, 2.05) is 0 Å². The normalized spacial score (nSPS) is 18.1. The van der Waals surface area contributed by atoms with Gasteiger partial charge >= 0.3 is 5.97 Å². The van der Waals surface area contributed by atoms with Gasteiger partial charge in [-0.2, -0.15) is 0 Å². The maximum atomic E-state index is 10.5. The molecular weight excluding hydrogens is 240 g/mol. The van der Waals surface area contributed by atoms with Crippen LogP contribution in [0.25, 0.3) is 0 Å². The number of piperidine rings is 1. The largest absolute Gasteiger partial charge is 0.481 e. The molecule has 0 saturated carbocycles. The van der Waals surface area contributed by atoms with Gasteiger partial charge in [-0.25, -0.2) is 0 Å². The third kappa shape index (κ3) is 7.53. The summed E-state index contributed by atoms with van der Waals surface area (Å²) >= 11 is 0. The molecule has 19 heavy (non-hydrogen) atoms. The summed E-state index contributed by atoms with van der Waals surface area (Å²) in [5.41, 5.74) is 0. The summed E-state index contributed by atoms with van der Waals surface area (Å²) in [6.07, 6.45) is 6.19. The molecule has 0 unspecified atom stereocenters. The molecule has 0 radical (unpaired) electrons. The number of unbranched alkanes of at least 4 members (excludes halogenated alkanes) is 1. The molecule has 1 aliphatic heterocycles. The first-order valence-corrected chi connectivity index (χ1v) is 7.74. The van der Waals surface area contributed by atoms with Crippen LogP contribution in [0, 0.1) is 5.92 Å². The molecule has 4 heteroatoms. The van der Waals surface area contributed by atoms with Crippen LogP contribution >= 0.6 is 0 Å². The lowest BCUT2D eigenvalue weighted by molar-refractivity contribution is -0.137. The Morgan fingerprint density at radius 2 is 2.00 bits per heavy atom. The summed E-state index contributed by atoms with van der Waals surface area (Å²) < 4.78 is 0. The average Bonchev–Trinajstić information content (AvgIpc) is 2.38. The lowest BCUT2D eigenvalue weighted by Crippen LogP contribution is -2.38. The van der Waals surface area contributed by atoms with E-state index in [0.29, 0.717) is 6.42 Å². The van der Waals surface area contributed by atoms with Crippen LogP contribution in [0.5, 0.6) is 0 Å². The summed E-state index contributed by atoms with van der Waals surface area (Å²) in [6, 6.07) is 0. The molecule has 0 spiro atoms. The van der Waals surface area contributed by atoms with E-state index in [-0.39, 0.29) is 0 Å². The van der Waals surface area contributed by atoms with Crippen LogP contribution in [0.4, 0.5) is 0 Å². The van der Waals surface area contributed by atoms with Crippen LogP contribution < -0.4 is 0 Å². The minimum atomic E-state index is -0.674. The zero-order valence-corrected chi connectivity index (χ0v) is 12.6. The van der Waals surface area contributed by atoms with Crippen LogP contribution in [0.15, 0.2) is 0 Å². The van der Waals surface area contributed by atoms with Crippen molar-refractivity contribution in [1.29, 1.82) is 0 Å². The van der Waals surface area contributed by atoms with Gasteiger partial charge in [0.2, 0.25) is 0 Å². The maximum absolute atomic E-state index is 10.5. The lowest BCUT2D eigenvalue weighted by Gasteiger charge is -2.33. The standard InChI is InChI=1S/C15H30N2O2/c1-3-4-9-16(2)13-14-7-11-17(12-8-14)10-5-6-15(18)19/h14H,3-13H2,1-2H3,(H,18,19). The molecule has 1 heterocycles. The second-order valence-electron chi connectivity index (χ2n) is 5.90. The van der Waals surface area contributed by atoms with Crippen molar-refractivity contribution in [3.8, 4) is 0 Å². The Hall–Kier alpha value is -0.610. The molecule has 1 saturated heterocycles. The van der Waals surface area contributed by atoms with Crippen LogP contribution in [0.1, 0.15) is 45.4 Å². The molecule has 1 rings (SSSR count). The van der Waals surface area contributed by atoms with Crippen molar-refractivity contribution in [2.45, 2.75) is 45.4 Å². The number of likely N-dealkylation sites (tertiary alicyclic amines) is 1. The number of carboxylic acid groups (broad SMARTS) is 1. The Balaban J connectivity index is 2.09. The van der Waals surface area contributed by atoms with Crippen molar-refractivity contribution >= 4 is 5.97 Å². The molecule has 1 N–H and O–H groups in total. The number of carboxylic acids is 1. The number of rotatable bonds is 9. The van der Waals surface area contributed by atoms with E-state index in [4.69, 9.17) is 5.11 Å². The van der Waals surface area contributed by atoms with Gasteiger partial charge in [-0.1, -0.05) is 13.3 Å². The second kappa shape index (κ2) is 9.32. The smallest absolute Gasteiger partial charge is 0.303 e. The van der Waals surface area contributed by atoms with Crippen molar-refractivity contribution < 1.29 is 9.90 Å². The first kappa shape index (κ1) is 16.4. The third-order valence-electron chi connectivity index (χ3n) is 4.04. The summed E-state index contributed by atoms with van der Waals surface area (Å²) in [4.78, 5) is 15.4. The van der Waals surface area contributed by atoms with Crippen LogP contribution in [-0.2, 0) is 4.79 Å². The highest BCUT2D eigenvalue weighted by Gasteiger charge is 2.19. The number of hydrogen-bond donors (Lipinski definition) is 1. The predicted molar refractivity (Wildman–Crippen MR) is 78.4 cm³/mol. The Bertz CT molecular complexity index is 251. The average molecular weight is 270 g/mol. The lowest BCUT2D eigenvalue weighted by atomic mass is 9.96. The Kier molecular flexibility index (Phi) is 8.07. The number of nitrogens with zero attached hydrogens (tertiary/aromatic N) is 2. The highest BCUT2D eigenvalue weighted by molar-refractivity contribution is 5.66. The molecule has 0 aromatic heterocycles. The number of carbonyl (C=O) groups is 1. The molecule has 4 nitrogen and oxygen atoms in total. The van der Waals surface area contributed by atoms with Gasteiger partial charge in [-0.15, -0.1) is 0 Å². The van der Waals surface area contributed by atoms with Gasteiger partial charge in [0.25, 0.3) is 0 Å². The highest BCUT2D eigenvalue weighted by atomic mass is 16.4. The fraction of sp³-hybridized carbons (Fsp3) is 0.933. The Labute approximate surface area is 117 Å². The number of hydrogen-bond acceptors (Lipinski definition) is 3. The second-order valence-corrected chi connectivity index (χ2v) is 5.90. The van der Waals surface area contributed by atoms with E-state index in [1.165, 1.54) is 38.8 Å². The van der Waals surface area contributed by atoms with Gasteiger partial charge in [0, 0.05) is 13.0 Å². The van der Waals surface area contributed by atoms with E-state index in [9.17, 15) is 4.79 Å². The van der Waals surface area contributed by atoms with E-state index in [2.05, 4.69) is 23.8 Å². The third-order valence-corrected chi connectivity index (χ3v) is 4.04. The molecule has 0 aromatic carbocycles. The van der Waals surface area contributed by atoms with E-state index in [1.54, 1.807) is 0 Å². The van der Waals surface area contributed by atoms with Gasteiger partial charge in [0.05, 0.1) is 0 Å². The summed E-state index contributed by atoms with van der Waals surface area (Å²) in [7, 11) is 2.23. The topological polar surface area (TPSA) is 43.8 Å². The van der Waals surface area contributed by atoms with Crippen molar-refractivity contribution in [1.82, 2.24) is 9.80 Å². The van der Waals surface area contributed by atoms with E-state index < -0.39 is 5.97 Å². The minimum absolute atomic E-state index is 0.305.